The minimum absolute atomic E-state index is 0.221. The zero-order valence-corrected chi connectivity index (χ0v) is 11.9. The lowest BCUT2D eigenvalue weighted by molar-refractivity contribution is 0.0693. The highest BCUT2D eigenvalue weighted by Gasteiger charge is 2.16. The maximum absolute atomic E-state index is 12.0. The highest BCUT2D eigenvalue weighted by Crippen LogP contribution is 2.31. The van der Waals surface area contributed by atoms with Crippen molar-refractivity contribution in [2.24, 2.45) is 0 Å². The molecule has 2 aromatic heterocycles. The lowest BCUT2D eigenvalue weighted by atomic mass is 10.3. The summed E-state index contributed by atoms with van der Waals surface area (Å²) in [6.07, 6.45) is 1.55. The number of hydrogen-bond acceptors (Lipinski definition) is 7. The number of nitrogens with one attached hydrogen (secondary N) is 1. The molecule has 2 rings (SSSR count). The number of ether oxygens (including phenoxy) is 2. The molecule has 0 radical (unpaired) electrons. The van der Waals surface area contributed by atoms with E-state index in [4.69, 9.17) is 15.2 Å². The highest BCUT2D eigenvalue weighted by molar-refractivity contribution is 7.21. The van der Waals surface area contributed by atoms with E-state index < -0.39 is 0 Å². The van der Waals surface area contributed by atoms with E-state index in [-0.39, 0.29) is 5.91 Å². The third-order valence-electron chi connectivity index (χ3n) is 2.59. The molecule has 0 spiro atoms. The van der Waals surface area contributed by atoms with Crippen LogP contribution in [0.2, 0.25) is 0 Å². The molecule has 0 bridgehead atoms. The first-order valence-electron chi connectivity index (χ1n) is 6.08. The number of nitrogens with two attached hydrogens (primary N) is 1. The van der Waals surface area contributed by atoms with Crippen molar-refractivity contribution in [3.05, 3.63) is 17.1 Å². The number of amides is 1. The van der Waals surface area contributed by atoms with Crippen LogP contribution in [-0.2, 0) is 9.47 Å². The van der Waals surface area contributed by atoms with Crippen LogP contribution < -0.4 is 11.1 Å². The molecule has 0 aliphatic carbocycles. The van der Waals surface area contributed by atoms with Gasteiger partial charge in [0.05, 0.1) is 31.7 Å². The second-order valence-electron chi connectivity index (χ2n) is 3.96. The van der Waals surface area contributed by atoms with Gasteiger partial charge >= 0.3 is 0 Å². The molecule has 1 amide bonds. The van der Waals surface area contributed by atoms with Crippen molar-refractivity contribution in [1.82, 2.24) is 15.5 Å². The Hall–Kier alpha value is -1.77. The summed E-state index contributed by atoms with van der Waals surface area (Å²) in [5, 5.41) is 11.2. The van der Waals surface area contributed by atoms with Gasteiger partial charge in [0, 0.05) is 19.0 Å². The van der Waals surface area contributed by atoms with Gasteiger partial charge in [-0.15, -0.1) is 16.4 Å². The number of nitrogens with zero attached hydrogens (tertiary/aromatic N) is 2. The van der Waals surface area contributed by atoms with Crippen molar-refractivity contribution in [2.75, 3.05) is 39.2 Å². The summed E-state index contributed by atoms with van der Waals surface area (Å²) in [4.78, 5) is 13.1. The van der Waals surface area contributed by atoms with Gasteiger partial charge in [-0.05, 0) is 6.07 Å². The summed E-state index contributed by atoms with van der Waals surface area (Å²) in [6.45, 7) is 1.89. The highest BCUT2D eigenvalue weighted by atomic mass is 32.1. The molecule has 108 valence electrons. The van der Waals surface area contributed by atoms with E-state index in [2.05, 4.69) is 15.5 Å². The monoisotopic (exact) mass is 296 g/mol. The predicted octanol–water partition coefficient (Wildman–Crippen LogP) is 0.666. The molecule has 0 saturated heterocycles. The molecule has 0 aromatic carbocycles. The van der Waals surface area contributed by atoms with Crippen LogP contribution in [-0.4, -0.2) is 49.6 Å². The second-order valence-corrected chi connectivity index (χ2v) is 4.96. The van der Waals surface area contributed by atoms with Gasteiger partial charge in [-0.2, -0.15) is 5.10 Å². The number of thiophene rings is 1. The Morgan fingerprint density at radius 1 is 1.45 bits per heavy atom. The van der Waals surface area contributed by atoms with Crippen LogP contribution in [0.25, 0.3) is 10.2 Å². The topological polar surface area (TPSA) is 99.4 Å². The maximum Gasteiger partial charge on any atom is 0.263 e. The minimum atomic E-state index is -0.221. The van der Waals surface area contributed by atoms with Gasteiger partial charge < -0.3 is 20.5 Å². The number of carbonyl (C=O) groups excluding carboxylic acids is 1. The summed E-state index contributed by atoms with van der Waals surface area (Å²) in [5.41, 5.74) is 6.39. The molecule has 3 N–H and O–H groups in total. The van der Waals surface area contributed by atoms with Crippen LogP contribution in [0.4, 0.5) is 5.69 Å². The van der Waals surface area contributed by atoms with Gasteiger partial charge in [0.25, 0.3) is 5.91 Å². The Kier molecular flexibility index (Phi) is 5.22. The normalized spacial score (nSPS) is 10.8. The maximum atomic E-state index is 12.0. The molecule has 0 unspecified atom stereocenters. The molecule has 0 saturated carbocycles. The number of rotatable bonds is 7. The van der Waals surface area contributed by atoms with Gasteiger partial charge in [-0.25, -0.2) is 0 Å². The van der Waals surface area contributed by atoms with Gasteiger partial charge in [0.15, 0.2) is 0 Å². The van der Waals surface area contributed by atoms with Crippen LogP contribution in [0.1, 0.15) is 9.67 Å². The van der Waals surface area contributed by atoms with E-state index in [0.717, 1.165) is 5.39 Å². The van der Waals surface area contributed by atoms with Crippen LogP contribution in [0, 0.1) is 0 Å². The molecule has 20 heavy (non-hydrogen) atoms. The minimum Gasteiger partial charge on any atom is -0.397 e. The Bertz CT molecular complexity index is 587. The van der Waals surface area contributed by atoms with Gasteiger partial charge in [-0.1, -0.05) is 0 Å². The van der Waals surface area contributed by atoms with E-state index >= 15 is 0 Å². The van der Waals surface area contributed by atoms with E-state index in [1.54, 1.807) is 19.4 Å². The Morgan fingerprint density at radius 3 is 3.05 bits per heavy atom. The number of aromatic nitrogens is 2. The van der Waals surface area contributed by atoms with E-state index in [9.17, 15) is 4.79 Å². The van der Waals surface area contributed by atoms with Crippen molar-refractivity contribution < 1.29 is 14.3 Å². The van der Waals surface area contributed by atoms with E-state index in [1.165, 1.54) is 11.3 Å². The smallest absolute Gasteiger partial charge is 0.263 e. The molecule has 2 heterocycles. The summed E-state index contributed by atoms with van der Waals surface area (Å²) in [7, 11) is 1.61. The molecular weight excluding hydrogens is 280 g/mol. The standard InChI is InChI=1S/C12H16N4O3S/c1-18-6-7-19-5-4-14-11(17)10-9(13)8-2-3-15-16-12(8)20-10/h2-3H,4-7,13H2,1H3,(H,14,17). The summed E-state index contributed by atoms with van der Waals surface area (Å²) in [5.74, 6) is -0.221. The molecule has 0 aliphatic rings. The fourth-order valence-electron chi connectivity index (χ4n) is 1.60. The molecule has 0 aliphatic heterocycles. The van der Waals surface area contributed by atoms with Crippen LogP contribution in [0.15, 0.2) is 12.3 Å². The Labute approximate surface area is 120 Å². The predicted molar refractivity (Wildman–Crippen MR) is 76.9 cm³/mol. The number of carbonyl (C=O) groups is 1. The fraction of sp³-hybridized carbons (Fsp3) is 0.417. The molecule has 8 heteroatoms. The quantitative estimate of drug-likeness (QED) is 0.728. The number of methoxy groups -OCH3 is 1. The fourth-order valence-corrected chi connectivity index (χ4v) is 2.56. The third-order valence-corrected chi connectivity index (χ3v) is 3.69. The van der Waals surface area contributed by atoms with Crippen molar-refractivity contribution >= 4 is 33.1 Å². The first-order chi connectivity index (χ1) is 9.74. The lowest BCUT2D eigenvalue weighted by Crippen LogP contribution is -2.27. The van der Waals surface area contributed by atoms with Crippen molar-refractivity contribution in [2.45, 2.75) is 0 Å². The zero-order valence-electron chi connectivity index (χ0n) is 11.1. The van der Waals surface area contributed by atoms with Crippen LogP contribution >= 0.6 is 11.3 Å². The van der Waals surface area contributed by atoms with Gasteiger partial charge in [0.2, 0.25) is 0 Å². The summed E-state index contributed by atoms with van der Waals surface area (Å²) in [6, 6.07) is 1.75. The van der Waals surface area contributed by atoms with Gasteiger partial charge in [-0.3, -0.25) is 4.79 Å². The number of anilines is 1. The SMILES string of the molecule is COCCOCCNC(=O)c1sc2nnccc2c1N. The molecule has 7 nitrogen and oxygen atoms in total. The van der Waals surface area contributed by atoms with Crippen molar-refractivity contribution in [1.29, 1.82) is 0 Å². The number of fused-ring (bicyclic) bond motifs is 1. The first kappa shape index (κ1) is 14.6. The molecule has 0 fully saturated rings. The van der Waals surface area contributed by atoms with Gasteiger partial charge in [0.1, 0.15) is 9.71 Å². The lowest BCUT2D eigenvalue weighted by Gasteiger charge is -2.05. The largest absolute Gasteiger partial charge is 0.397 e. The number of nitrogen functional groups attached to an aromatic ring is 1. The first-order valence-corrected chi connectivity index (χ1v) is 6.90. The average Bonchev–Trinajstić information content (AvgIpc) is 2.80. The number of hydrogen-bond donors (Lipinski definition) is 2. The molecular formula is C12H16N4O3S. The Morgan fingerprint density at radius 2 is 2.30 bits per heavy atom. The average molecular weight is 296 g/mol. The third kappa shape index (κ3) is 3.41. The van der Waals surface area contributed by atoms with Crippen LogP contribution in [0.3, 0.4) is 0 Å². The van der Waals surface area contributed by atoms with E-state index in [1.807, 2.05) is 0 Å². The zero-order chi connectivity index (χ0) is 14.4. The molecule has 0 atom stereocenters. The van der Waals surface area contributed by atoms with Crippen molar-refractivity contribution in [3.8, 4) is 0 Å². The van der Waals surface area contributed by atoms with E-state index in [0.29, 0.717) is 41.8 Å². The Balaban J connectivity index is 1.89. The second kappa shape index (κ2) is 7.13. The van der Waals surface area contributed by atoms with Crippen LogP contribution in [0.5, 0.6) is 0 Å². The summed E-state index contributed by atoms with van der Waals surface area (Å²) < 4.78 is 10.1. The molecule has 2 aromatic rings. The van der Waals surface area contributed by atoms with Crippen molar-refractivity contribution in [3.63, 3.8) is 0 Å². The summed E-state index contributed by atoms with van der Waals surface area (Å²) >= 11 is 1.23.